The molecule has 2 aromatic carbocycles. The summed E-state index contributed by atoms with van der Waals surface area (Å²) in [6.45, 7) is 6.20. The maximum atomic E-state index is 9.08. The van der Waals surface area contributed by atoms with Crippen molar-refractivity contribution in [2.24, 2.45) is 0 Å². The number of benzene rings is 2. The summed E-state index contributed by atoms with van der Waals surface area (Å²) in [5.74, 6) is 0. The van der Waals surface area contributed by atoms with Gasteiger partial charge >= 0.3 is 0 Å². The van der Waals surface area contributed by atoms with Crippen molar-refractivity contribution in [2.45, 2.75) is 26.8 Å². The van der Waals surface area contributed by atoms with E-state index in [1.165, 1.54) is 5.56 Å². The first-order chi connectivity index (χ1) is 11.6. The molecule has 0 bridgehead atoms. The van der Waals surface area contributed by atoms with Crippen LogP contribution in [0.4, 0.5) is 5.69 Å². The molecule has 0 aliphatic rings. The zero-order chi connectivity index (χ0) is 17.1. The molecule has 0 spiro atoms. The number of hydrogen-bond donors (Lipinski definition) is 1. The normalized spacial score (nSPS) is 11.8. The molecule has 0 radical (unpaired) electrons. The van der Waals surface area contributed by atoms with Gasteiger partial charge in [0.1, 0.15) is 0 Å². The number of nitrogens with zero attached hydrogens (tertiary/aromatic N) is 3. The summed E-state index contributed by atoms with van der Waals surface area (Å²) in [5, 5.41) is 17.1. The Kier molecular flexibility index (Phi) is 4.35. The Balaban J connectivity index is 1.94. The number of hydrogen-bond acceptors (Lipinski definition) is 3. The third-order valence-corrected chi connectivity index (χ3v) is 4.00. The van der Waals surface area contributed by atoms with Crippen molar-refractivity contribution in [3.8, 4) is 11.8 Å². The molecule has 0 fully saturated rings. The Morgan fingerprint density at radius 1 is 1.12 bits per heavy atom. The van der Waals surface area contributed by atoms with E-state index in [9.17, 15) is 0 Å². The summed E-state index contributed by atoms with van der Waals surface area (Å²) in [4.78, 5) is 0. The molecular formula is C20H20N4. The standard InChI is InChI=1S/C20H20N4/c1-14-7-8-20(24-13-15(2)12-22-24)19(9-14)23-16(3)18-6-4-5-17(10-18)11-21/h4-10,12-13,16,23H,1-3H3. The van der Waals surface area contributed by atoms with E-state index in [4.69, 9.17) is 5.26 Å². The van der Waals surface area contributed by atoms with Gasteiger partial charge in [0.05, 0.1) is 29.2 Å². The number of anilines is 1. The van der Waals surface area contributed by atoms with Gasteiger partial charge in [-0.1, -0.05) is 18.2 Å². The molecule has 3 rings (SSSR count). The van der Waals surface area contributed by atoms with Crippen LogP contribution in [0.5, 0.6) is 0 Å². The minimum absolute atomic E-state index is 0.0792. The third kappa shape index (κ3) is 3.31. The van der Waals surface area contributed by atoms with Gasteiger partial charge in [0.25, 0.3) is 0 Å². The van der Waals surface area contributed by atoms with Crippen molar-refractivity contribution in [3.05, 3.63) is 77.1 Å². The second-order valence-corrected chi connectivity index (χ2v) is 6.09. The van der Waals surface area contributed by atoms with Gasteiger partial charge in [-0.15, -0.1) is 0 Å². The number of aryl methyl sites for hydroxylation is 2. The molecule has 120 valence electrons. The van der Waals surface area contributed by atoms with Crippen molar-refractivity contribution in [1.82, 2.24) is 9.78 Å². The second-order valence-electron chi connectivity index (χ2n) is 6.09. The van der Waals surface area contributed by atoms with E-state index in [-0.39, 0.29) is 6.04 Å². The van der Waals surface area contributed by atoms with Gasteiger partial charge in [-0.25, -0.2) is 4.68 Å². The molecule has 4 heteroatoms. The predicted molar refractivity (Wildman–Crippen MR) is 96.2 cm³/mol. The fourth-order valence-electron chi connectivity index (χ4n) is 2.70. The van der Waals surface area contributed by atoms with E-state index in [0.29, 0.717) is 5.56 Å². The first kappa shape index (κ1) is 15.8. The van der Waals surface area contributed by atoms with Crippen molar-refractivity contribution in [3.63, 3.8) is 0 Å². The summed E-state index contributed by atoms with van der Waals surface area (Å²) >= 11 is 0. The highest BCUT2D eigenvalue weighted by atomic mass is 15.3. The Labute approximate surface area is 142 Å². The monoisotopic (exact) mass is 316 g/mol. The zero-order valence-electron chi connectivity index (χ0n) is 14.1. The van der Waals surface area contributed by atoms with Crippen LogP contribution in [0.25, 0.3) is 5.69 Å². The van der Waals surface area contributed by atoms with Gasteiger partial charge in [0.2, 0.25) is 0 Å². The van der Waals surface area contributed by atoms with Gasteiger partial charge < -0.3 is 5.32 Å². The number of rotatable bonds is 4. The van der Waals surface area contributed by atoms with Crippen LogP contribution in [-0.2, 0) is 0 Å². The van der Waals surface area contributed by atoms with E-state index >= 15 is 0 Å². The van der Waals surface area contributed by atoms with Crippen LogP contribution in [0.15, 0.2) is 54.9 Å². The van der Waals surface area contributed by atoms with E-state index in [1.54, 1.807) is 0 Å². The number of aromatic nitrogens is 2. The van der Waals surface area contributed by atoms with Crippen molar-refractivity contribution in [1.29, 1.82) is 5.26 Å². The molecule has 0 aliphatic heterocycles. The Morgan fingerprint density at radius 2 is 1.96 bits per heavy atom. The van der Waals surface area contributed by atoms with Crippen LogP contribution in [0, 0.1) is 25.2 Å². The first-order valence-electron chi connectivity index (χ1n) is 7.96. The summed E-state index contributed by atoms with van der Waals surface area (Å²) in [7, 11) is 0. The maximum Gasteiger partial charge on any atom is 0.0991 e. The van der Waals surface area contributed by atoms with Crippen LogP contribution >= 0.6 is 0 Å². The van der Waals surface area contributed by atoms with Crippen LogP contribution in [0.1, 0.15) is 35.2 Å². The SMILES string of the molecule is Cc1ccc(-n2cc(C)cn2)c(NC(C)c2cccc(C#N)c2)c1. The molecule has 0 saturated carbocycles. The quantitative estimate of drug-likeness (QED) is 0.769. The third-order valence-electron chi connectivity index (χ3n) is 4.00. The van der Waals surface area contributed by atoms with Crippen LogP contribution in [0.2, 0.25) is 0 Å². The van der Waals surface area contributed by atoms with Gasteiger partial charge in [-0.2, -0.15) is 10.4 Å². The summed E-state index contributed by atoms with van der Waals surface area (Å²) in [5.41, 5.74) is 6.09. The molecular weight excluding hydrogens is 296 g/mol. The molecule has 1 unspecified atom stereocenters. The topological polar surface area (TPSA) is 53.6 Å². The molecule has 1 N–H and O–H groups in total. The largest absolute Gasteiger partial charge is 0.377 e. The highest BCUT2D eigenvalue weighted by molar-refractivity contribution is 5.63. The van der Waals surface area contributed by atoms with Gasteiger partial charge in [-0.3, -0.25) is 0 Å². The smallest absolute Gasteiger partial charge is 0.0991 e. The molecule has 1 atom stereocenters. The lowest BCUT2D eigenvalue weighted by molar-refractivity contribution is 0.852. The van der Waals surface area contributed by atoms with Gasteiger partial charge in [0.15, 0.2) is 0 Å². The van der Waals surface area contributed by atoms with Crippen LogP contribution < -0.4 is 5.32 Å². The lowest BCUT2D eigenvalue weighted by atomic mass is 10.0. The van der Waals surface area contributed by atoms with Crippen LogP contribution in [-0.4, -0.2) is 9.78 Å². The Hall–Kier alpha value is -3.06. The number of nitrogens with one attached hydrogen (secondary N) is 1. The molecule has 4 nitrogen and oxygen atoms in total. The highest BCUT2D eigenvalue weighted by Crippen LogP contribution is 2.26. The van der Waals surface area contributed by atoms with E-state index < -0.39 is 0 Å². The minimum atomic E-state index is 0.0792. The van der Waals surface area contributed by atoms with E-state index in [2.05, 4.69) is 48.5 Å². The maximum absolute atomic E-state index is 9.08. The highest BCUT2D eigenvalue weighted by Gasteiger charge is 2.11. The number of nitriles is 1. The average molecular weight is 316 g/mol. The van der Waals surface area contributed by atoms with Crippen molar-refractivity contribution in [2.75, 3.05) is 5.32 Å². The van der Waals surface area contributed by atoms with Crippen LogP contribution in [0.3, 0.4) is 0 Å². The predicted octanol–water partition coefficient (Wildman–Crippen LogP) is 4.53. The molecule has 3 aromatic rings. The van der Waals surface area contributed by atoms with Crippen molar-refractivity contribution >= 4 is 5.69 Å². The summed E-state index contributed by atoms with van der Waals surface area (Å²) in [6.07, 6.45) is 3.86. The lowest BCUT2D eigenvalue weighted by Crippen LogP contribution is -2.10. The molecule has 0 aliphatic carbocycles. The van der Waals surface area contributed by atoms with Crippen molar-refractivity contribution < 1.29 is 0 Å². The molecule has 1 aromatic heterocycles. The van der Waals surface area contributed by atoms with Gasteiger partial charge in [0, 0.05) is 12.2 Å². The summed E-state index contributed by atoms with van der Waals surface area (Å²) < 4.78 is 1.88. The van der Waals surface area contributed by atoms with E-state index in [1.807, 2.05) is 48.3 Å². The zero-order valence-corrected chi connectivity index (χ0v) is 14.1. The Morgan fingerprint density at radius 3 is 2.67 bits per heavy atom. The first-order valence-corrected chi connectivity index (χ1v) is 7.96. The minimum Gasteiger partial charge on any atom is -0.377 e. The summed E-state index contributed by atoms with van der Waals surface area (Å²) in [6, 6.07) is 16.2. The average Bonchev–Trinajstić information content (AvgIpc) is 3.01. The second kappa shape index (κ2) is 6.59. The molecule has 0 amide bonds. The molecule has 0 saturated heterocycles. The fourth-order valence-corrected chi connectivity index (χ4v) is 2.70. The molecule has 24 heavy (non-hydrogen) atoms. The van der Waals surface area contributed by atoms with E-state index in [0.717, 1.165) is 22.5 Å². The lowest BCUT2D eigenvalue weighted by Gasteiger charge is -2.19. The Bertz CT molecular complexity index is 902. The molecule has 1 heterocycles. The van der Waals surface area contributed by atoms with Gasteiger partial charge in [-0.05, 0) is 61.7 Å². The fraction of sp³-hybridized carbons (Fsp3) is 0.200.